The average molecular weight is 264 g/mol. The maximum absolute atomic E-state index is 12.4. The van der Waals surface area contributed by atoms with Crippen molar-refractivity contribution >= 4 is 11.9 Å². The Kier molecular flexibility index (Phi) is 3.25. The molecule has 1 spiro atoms. The molecule has 19 heavy (non-hydrogen) atoms. The molecule has 0 radical (unpaired) electrons. The van der Waals surface area contributed by atoms with E-state index in [0.717, 1.165) is 32.5 Å². The van der Waals surface area contributed by atoms with E-state index in [1.807, 2.05) is 0 Å². The largest absolute Gasteiger partial charge is 0.340 e. The summed E-state index contributed by atoms with van der Waals surface area (Å²) < 4.78 is 0. The van der Waals surface area contributed by atoms with Gasteiger partial charge in [0, 0.05) is 19.1 Å². The minimum atomic E-state index is -0.407. The number of hydrogen-bond donors (Lipinski definition) is 2. The molecule has 2 atom stereocenters. The van der Waals surface area contributed by atoms with Crippen LogP contribution < -0.4 is 10.6 Å². The van der Waals surface area contributed by atoms with Crippen LogP contribution in [0.3, 0.4) is 0 Å². The van der Waals surface area contributed by atoms with Crippen LogP contribution in [0, 0.1) is 5.92 Å². The summed E-state index contributed by atoms with van der Waals surface area (Å²) in [7, 11) is 0. The van der Waals surface area contributed by atoms with Crippen molar-refractivity contribution in [1.29, 1.82) is 0 Å². The van der Waals surface area contributed by atoms with Gasteiger partial charge in [0.05, 0.1) is 0 Å². The molecule has 3 rings (SSSR count). The van der Waals surface area contributed by atoms with Gasteiger partial charge in [0.25, 0.3) is 5.91 Å². The van der Waals surface area contributed by atoms with E-state index in [-0.39, 0.29) is 5.91 Å². The number of nitrogens with zero attached hydrogens (tertiary/aromatic N) is 2. The first kappa shape index (κ1) is 12.9. The standard InChI is InChI=1S/C14H24N4O/c1-10(2)9-15-13-16-12(19)14(17-13)6-8-18-7-4-3-5-11(14)18/h10-11H,3-9H2,1-2H3,(H2,15,16,17,19). The van der Waals surface area contributed by atoms with Crippen molar-refractivity contribution < 1.29 is 4.79 Å². The topological polar surface area (TPSA) is 56.7 Å². The normalized spacial score (nSPS) is 36.9. The van der Waals surface area contributed by atoms with Crippen molar-refractivity contribution in [2.75, 3.05) is 19.6 Å². The Morgan fingerprint density at radius 1 is 1.42 bits per heavy atom. The van der Waals surface area contributed by atoms with Gasteiger partial charge >= 0.3 is 0 Å². The van der Waals surface area contributed by atoms with E-state index in [0.29, 0.717) is 17.9 Å². The molecular formula is C14H24N4O. The molecule has 3 saturated heterocycles. The van der Waals surface area contributed by atoms with Crippen molar-refractivity contribution in [2.24, 2.45) is 10.9 Å². The van der Waals surface area contributed by atoms with Gasteiger partial charge in [0.2, 0.25) is 0 Å². The molecule has 5 heteroatoms. The van der Waals surface area contributed by atoms with Gasteiger partial charge in [-0.15, -0.1) is 0 Å². The van der Waals surface area contributed by atoms with Crippen molar-refractivity contribution in [2.45, 2.75) is 51.1 Å². The Bertz CT molecular complexity index is 406. The summed E-state index contributed by atoms with van der Waals surface area (Å²) >= 11 is 0. The SMILES string of the molecule is CC(C)CN=C1NC(=O)C2(CCN3CCCCC32)N1. The number of guanidine groups is 1. The van der Waals surface area contributed by atoms with E-state index in [4.69, 9.17) is 0 Å². The molecule has 3 aliphatic rings. The van der Waals surface area contributed by atoms with Gasteiger partial charge < -0.3 is 5.32 Å². The summed E-state index contributed by atoms with van der Waals surface area (Å²) in [4.78, 5) is 19.4. The summed E-state index contributed by atoms with van der Waals surface area (Å²) in [6.45, 7) is 7.19. The Morgan fingerprint density at radius 3 is 3.05 bits per heavy atom. The quantitative estimate of drug-likeness (QED) is 0.772. The first-order chi connectivity index (χ1) is 9.12. The maximum atomic E-state index is 12.4. The molecule has 0 bridgehead atoms. The zero-order chi connectivity index (χ0) is 13.5. The number of piperidine rings is 1. The molecule has 2 unspecified atom stereocenters. The van der Waals surface area contributed by atoms with Crippen LogP contribution in [0.25, 0.3) is 0 Å². The Labute approximate surface area is 114 Å². The fourth-order valence-electron chi connectivity index (χ4n) is 3.59. The highest BCUT2D eigenvalue weighted by molar-refractivity contribution is 6.09. The van der Waals surface area contributed by atoms with Crippen molar-refractivity contribution in [3.63, 3.8) is 0 Å². The maximum Gasteiger partial charge on any atom is 0.254 e. The van der Waals surface area contributed by atoms with E-state index in [1.165, 1.54) is 12.8 Å². The molecule has 3 heterocycles. The molecular weight excluding hydrogens is 240 g/mol. The molecule has 0 aliphatic carbocycles. The highest BCUT2D eigenvalue weighted by Gasteiger charge is 2.56. The molecule has 1 amide bonds. The number of carbonyl (C=O) groups excluding carboxylic acids is 1. The minimum Gasteiger partial charge on any atom is -0.340 e. The summed E-state index contributed by atoms with van der Waals surface area (Å²) in [5.74, 6) is 1.33. The fraction of sp³-hybridized carbons (Fsp3) is 0.857. The number of amides is 1. The van der Waals surface area contributed by atoms with Crippen LogP contribution in [0.4, 0.5) is 0 Å². The molecule has 3 fully saturated rings. The van der Waals surface area contributed by atoms with Crippen LogP contribution in [-0.4, -0.2) is 48.0 Å². The third-order valence-corrected chi connectivity index (χ3v) is 4.57. The molecule has 0 aromatic carbocycles. The first-order valence-corrected chi connectivity index (χ1v) is 7.50. The van der Waals surface area contributed by atoms with Crippen LogP contribution in [0.1, 0.15) is 39.5 Å². The molecule has 2 N–H and O–H groups in total. The number of nitrogens with one attached hydrogen (secondary N) is 2. The van der Waals surface area contributed by atoms with Crippen LogP contribution in [0.15, 0.2) is 4.99 Å². The zero-order valence-electron chi connectivity index (χ0n) is 11.9. The Balaban J connectivity index is 1.77. The second-order valence-electron chi connectivity index (χ2n) is 6.43. The lowest BCUT2D eigenvalue weighted by molar-refractivity contribution is -0.125. The first-order valence-electron chi connectivity index (χ1n) is 7.50. The second-order valence-corrected chi connectivity index (χ2v) is 6.43. The lowest BCUT2D eigenvalue weighted by Crippen LogP contribution is -2.57. The van der Waals surface area contributed by atoms with Gasteiger partial charge in [0.15, 0.2) is 5.96 Å². The van der Waals surface area contributed by atoms with E-state index in [9.17, 15) is 4.79 Å². The second kappa shape index (κ2) is 4.78. The third-order valence-electron chi connectivity index (χ3n) is 4.57. The van der Waals surface area contributed by atoms with Gasteiger partial charge in [-0.2, -0.15) is 0 Å². The predicted octanol–water partition coefficient (Wildman–Crippen LogP) is 0.715. The summed E-state index contributed by atoms with van der Waals surface area (Å²) in [6.07, 6.45) is 4.53. The van der Waals surface area contributed by atoms with E-state index < -0.39 is 5.54 Å². The van der Waals surface area contributed by atoms with E-state index in [2.05, 4.69) is 34.4 Å². The van der Waals surface area contributed by atoms with Gasteiger partial charge in [-0.05, 0) is 31.7 Å². The molecule has 106 valence electrons. The number of hydrogen-bond acceptors (Lipinski definition) is 3. The molecule has 0 saturated carbocycles. The fourth-order valence-corrected chi connectivity index (χ4v) is 3.59. The lowest BCUT2D eigenvalue weighted by Gasteiger charge is -2.36. The number of aliphatic imine (C=N–C) groups is 1. The minimum absolute atomic E-state index is 0.129. The van der Waals surface area contributed by atoms with E-state index in [1.54, 1.807) is 0 Å². The molecule has 5 nitrogen and oxygen atoms in total. The van der Waals surface area contributed by atoms with Gasteiger partial charge in [-0.3, -0.25) is 20.0 Å². The van der Waals surface area contributed by atoms with Crippen LogP contribution in [0.5, 0.6) is 0 Å². The summed E-state index contributed by atoms with van der Waals surface area (Å²) in [5.41, 5.74) is -0.407. The molecule has 0 aromatic heterocycles. The Morgan fingerprint density at radius 2 is 2.26 bits per heavy atom. The predicted molar refractivity (Wildman–Crippen MR) is 75.0 cm³/mol. The Hall–Kier alpha value is -1.10. The van der Waals surface area contributed by atoms with Crippen LogP contribution in [-0.2, 0) is 4.79 Å². The van der Waals surface area contributed by atoms with Crippen molar-refractivity contribution in [1.82, 2.24) is 15.5 Å². The van der Waals surface area contributed by atoms with Gasteiger partial charge in [-0.25, -0.2) is 0 Å². The van der Waals surface area contributed by atoms with Crippen molar-refractivity contribution in [3.8, 4) is 0 Å². The highest BCUT2D eigenvalue weighted by atomic mass is 16.2. The van der Waals surface area contributed by atoms with Gasteiger partial charge in [-0.1, -0.05) is 20.3 Å². The third kappa shape index (κ3) is 2.14. The highest BCUT2D eigenvalue weighted by Crippen LogP contribution is 2.36. The average Bonchev–Trinajstić information content (AvgIpc) is 2.91. The molecule has 3 aliphatic heterocycles. The van der Waals surface area contributed by atoms with Gasteiger partial charge in [0.1, 0.15) is 5.54 Å². The summed E-state index contributed by atoms with van der Waals surface area (Å²) in [5, 5.41) is 6.37. The number of carbonyl (C=O) groups is 1. The van der Waals surface area contributed by atoms with Crippen LogP contribution in [0.2, 0.25) is 0 Å². The van der Waals surface area contributed by atoms with E-state index >= 15 is 0 Å². The summed E-state index contributed by atoms with van der Waals surface area (Å²) in [6, 6.07) is 0.355. The monoisotopic (exact) mass is 264 g/mol. The number of rotatable bonds is 2. The van der Waals surface area contributed by atoms with Crippen molar-refractivity contribution in [3.05, 3.63) is 0 Å². The zero-order valence-corrected chi connectivity index (χ0v) is 11.9. The molecule has 0 aromatic rings. The number of fused-ring (bicyclic) bond motifs is 2. The smallest absolute Gasteiger partial charge is 0.254 e. The lowest BCUT2D eigenvalue weighted by atomic mass is 9.85. The van der Waals surface area contributed by atoms with Crippen LogP contribution >= 0.6 is 0 Å².